The zero-order chi connectivity index (χ0) is 19.9. The number of hydrogen-bond acceptors (Lipinski definition) is 5. The summed E-state index contributed by atoms with van der Waals surface area (Å²) in [6.07, 6.45) is -0.337. The maximum Gasteiger partial charge on any atom is 0.332 e. The largest absolute Gasteiger partial charge is 0.489 e. The number of benzene rings is 1. The van der Waals surface area contributed by atoms with Crippen molar-refractivity contribution >= 4 is 22.8 Å². The molecule has 0 aliphatic carbocycles. The second kappa shape index (κ2) is 7.11. The maximum absolute atomic E-state index is 12.4. The molecule has 0 fully saturated rings. The summed E-state index contributed by atoms with van der Waals surface area (Å²) >= 11 is 5.95. The highest BCUT2D eigenvalue weighted by Gasteiger charge is 2.19. The molecule has 144 valence electrons. The van der Waals surface area contributed by atoms with Gasteiger partial charge >= 0.3 is 5.69 Å². The van der Waals surface area contributed by atoms with Crippen molar-refractivity contribution in [2.24, 2.45) is 21.1 Å². The molecule has 27 heavy (non-hydrogen) atoms. The lowest BCUT2D eigenvalue weighted by Gasteiger charge is -2.16. The van der Waals surface area contributed by atoms with Gasteiger partial charge < -0.3 is 9.47 Å². The minimum absolute atomic E-state index is 0.243. The average Bonchev–Trinajstić information content (AvgIpc) is 2.94. The minimum Gasteiger partial charge on any atom is -0.489 e. The molecular weight excluding hydrogens is 372 g/mol. The summed E-state index contributed by atoms with van der Waals surface area (Å²) in [5, 5.41) is 0.649. The number of halogens is 1. The van der Waals surface area contributed by atoms with Gasteiger partial charge in [-0.1, -0.05) is 11.6 Å². The quantitative estimate of drug-likeness (QED) is 0.661. The Morgan fingerprint density at radius 2 is 1.85 bits per heavy atom. The van der Waals surface area contributed by atoms with Crippen molar-refractivity contribution < 1.29 is 9.47 Å². The molecule has 9 heteroatoms. The van der Waals surface area contributed by atoms with Gasteiger partial charge in [0, 0.05) is 26.2 Å². The van der Waals surface area contributed by atoms with Crippen LogP contribution in [0.25, 0.3) is 11.2 Å². The molecule has 3 aromatic rings. The normalized spacial score (nSPS) is 12.4. The summed E-state index contributed by atoms with van der Waals surface area (Å²) in [7, 11) is 4.67. The van der Waals surface area contributed by atoms with E-state index >= 15 is 0 Å². The smallest absolute Gasteiger partial charge is 0.332 e. The Morgan fingerprint density at radius 3 is 2.52 bits per heavy atom. The molecule has 2 aromatic heterocycles. The van der Waals surface area contributed by atoms with E-state index in [1.54, 1.807) is 30.8 Å². The lowest BCUT2D eigenvalue weighted by atomic mass is 10.2. The summed E-state index contributed by atoms with van der Waals surface area (Å²) < 4.78 is 15.5. The molecule has 2 heterocycles. The van der Waals surface area contributed by atoms with Crippen LogP contribution in [0.4, 0.5) is 0 Å². The minimum atomic E-state index is -0.438. The Morgan fingerprint density at radius 1 is 1.15 bits per heavy atom. The molecule has 0 bridgehead atoms. The van der Waals surface area contributed by atoms with Crippen LogP contribution >= 0.6 is 11.6 Å². The van der Waals surface area contributed by atoms with Crippen LogP contribution in [-0.4, -0.2) is 31.4 Å². The Kier molecular flexibility index (Phi) is 5.01. The number of rotatable bonds is 5. The summed E-state index contributed by atoms with van der Waals surface area (Å²) in [4.78, 5) is 28.8. The first kappa shape index (κ1) is 19.0. The number of ether oxygens (including phenoxy) is 2. The van der Waals surface area contributed by atoms with Crippen LogP contribution in [-0.2, 0) is 21.1 Å². The van der Waals surface area contributed by atoms with E-state index in [4.69, 9.17) is 21.1 Å². The lowest BCUT2D eigenvalue weighted by molar-refractivity contribution is 0.129. The molecule has 3 rings (SSSR count). The van der Waals surface area contributed by atoms with Crippen molar-refractivity contribution in [3.63, 3.8) is 0 Å². The maximum atomic E-state index is 12.4. The van der Waals surface area contributed by atoms with Crippen LogP contribution in [0.5, 0.6) is 11.8 Å². The highest BCUT2D eigenvalue weighted by atomic mass is 35.5. The number of aromatic nitrogens is 4. The van der Waals surface area contributed by atoms with Crippen LogP contribution in [0.2, 0.25) is 5.02 Å². The van der Waals surface area contributed by atoms with Crippen molar-refractivity contribution in [2.75, 3.05) is 6.61 Å². The Balaban J connectivity index is 1.83. The monoisotopic (exact) mass is 392 g/mol. The first-order valence-electron chi connectivity index (χ1n) is 8.38. The number of imidazole rings is 1. The SMILES string of the molecule is Cc1cc(Cl)ccc1OCC(C)Oc1nc2c(c(=O)n(C)c(=O)n2C)n1C. The molecular formula is C18H21ClN4O4. The molecule has 0 spiro atoms. The molecule has 0 radical (unpaired) electrons. The Hall–Kier alpha value is -2.74. The van der Waals surface area contributed by atoms with Crippen molar-refractivity contribution in [1.82, 2.24) is 18.7 Å². The third kappa shape index (κ3) is 3.44. The number of hydrogen-bond donors (Lipinski definition) is 0. The molecule has 8 nitrogen and oxygen atoms in total. The average molecular weight is 393 g/mol. The zero-order valence-electron chi connectivity index (χ0n) is 15.8. The highest BCUT2D eigenvalue weighted by Crippen LogP contribution is 2.22. The van der Waals surface area contributed by atoms with E-state index in [1.807, 2.05) is 19.9 Å². The van der Waals surface area contributed by atoms with Crippen LogP contribution in [0.3, 0.4) is 0 Å². The fourth-order valence-electron chi connectivity index (χ4n) is 2.80. The van der Waals surface area contributed by atoms with Crippen molar-refractivity contribution in [3.05, 3.63) is 49.6 Å². The van der Waals surface area contributed by atoms with Gasteiger partial charge in [0.1, 0.15) is 18.5 Å². The first-order chi connectivity index (χ1) is 12.7. The van der Waals surface area contributed by atoms with E-state index in [2.05, 4.69) is 4.98 Å². The first-order valence-corrected chi connectivity index (χ1v) is 8.76. The number of aryl methyl sites for hydroxylation is 3. The van der Waals surface area contributed by atoms with E-state index in [1.165, 1.54) is 11.6 Å². The van der Waals surface area contributed by atoms with Gasteiger partial charge in [-0.05, 0) is 37.6 Å². The second-order valence-electron chi connectivity index (χ2n) is 6.48. The summed E-state index contributed by atoms with van der Waals surface area (Å²) in [6.45, 7) is 4.03. The van der Waals surface area contributed by atoms with Crippen LogP contribution in [0.15, 0.2) is 27.8 Å². The van der Waals surface area contributed by atoms with Gasteiger partial charge in [0.15, 0.2) is 11.2 Å². The molecule has 0 aliphatic rings. The Bertz CT molecular complexity index is 1130. The van der Waals surface area contributed by atoms with Gasteiger partial charge in [-0.25, -0.2) is 4.79 Å². The van der Waals surface area contributed by atoms with Gasteiger partial charge in [0.2, 0.25) is 0 Å². The topological polar surface area (TPSA) is 80.3 Å². The predicted octanol–water partition coefficient (Wildman–Crippen LogP) is 1.78. The van der Waals surface area contributed by atoms with E-state index < -0.39 is 11.2 Å². The van der Waals surface area contributed by atoms with E-state index in [-0.39, 0.29) is 24.4 Å². The molecule has 0 aliphatic heterocycles. The summed E-state index contributed by atoms with van der Waals surface area (Å²) in [6, 6.07) is 5.63. The van der Waals surface area contributed by atoms with Crippen molar-refractivity contribution in [1.29, 1.82) is 0 Å². The molecule has 0 amide bonds. The molecule has 0 saturated carbocycles. The number of nitrogens with zero attached hydrogens (tertiary/aromatic N) is 4. The van der Waals surface area contributed by atoms with Gasteiger partial charge in [-0.2, -0.15) is 4.98 Å². The fourth-order valence-corrected chi connectivity index (χ4v) is 3.03. The van der Waals surface area contributed by atoms with Crippen molar-refractivity contribution in [3.8, 4) is 11.8 Å². The molecule has 1 unspecified atom stereocenters. The van der Waals surface area contributed by atoms with Gasteiger partial charge in [0.05, 0.1) is 0 Å². The Labute approximate surface area is 160 Å². The van der Waals surface area contributed by atoms with Crippen LogP contribution < -0.4 is 20.7 Å². The third-order valence-corrected chi connectivity index (χ3v) is 4.59. The van der Waals surface area contributed by atoms with E-state index in [9.17, 15) is 9.59 Å². The molecule has 0 N–H and O–H groups in total. The second-order valence-corrected chi connectivity index (χ2v) is 6.92. The zero-order valence-corrected chi connectivity index (χ0v) is 16.6. The summed E-state index contributed by atoms with van der Waals surface area (Å²) in [5.74, 6) is 0.719. The standard InChI is InChI=1S/C18H21ClN4O4/c1-10-8-12(19)6-7-13(10)26-9-11(2)27-17-20-15-14(21(17)3)16(24)23(5)18(25)22(15)4/h6-8,11H,9H2,1-5H3. The lowest BCUT2D eigenvalue weighted by Crippen LogP contribution is -2.37. The molecule has 1 aromatic carbocycles. The molecule has 0 saturated heterocycles. The van der Waals surface area contributed by atoms with Crippen LogP contribution in [0, 0.1) is 6.92 Å². The number of fused-ring (bicyclic) bond motifs is 1. The van der Waals surface area contributed by atoms with Gasteiger partial charge in [-0.3, -0.25) is 18.5 Å². The fraction of sp³-hybridized carbons (Fsp3) is 0.389. The van der Waals surface area contributed by atoms with Crippen molar-refractivity contribution in [2.45, 2.75) is 20.0 Å². The highest BCUT2D eigenvalue weighted by molar-refractivity contribution is 6.30. The van der Waals surface area contributed by atoms with E-state index in [0.29, 0.717) is 10.5 Å². The third-order valence-electron chi connectivity index (χ3n) is 4.35. The van der Waals surface area contributed by atoms with Crippen LogP contribution in [0.1, 0.15) is 12.5 Å². The summed E-state index contributed by atoms with van der Waals surface area (Å²) in [5.41, 5.74) is 0.653. The van der Waals surface area contributed by atoms with E-state index in [0.717, 1.165) is 15.9 Å². The predicted molar refractivity (Wildman–Crippen MR) is 103 cm³/mol. The van der Waals surface area contributed by atoms with Gasteiger partial charge in [-0.15, -0.1) is 0 Å². The molecule has 1 atom stereocenters. The van der Waals surface area contributed by atoms with Gasteiger partial charge in [0.25, 0.3) is 11.6 Å².